The van der Waals surface area contributed by atoms with Crippen LogP contribution in [0.25, 0.3) is 83.6 Å². The SMILES string of the molecule is C[Si]1(C)c2ccccc2-c2nc(-c3cccc(-c4ccccc4)c3)nc(-c3cccc(-c4cccc5c4c4ccccc4n5-c4ccccc4)c3)c21. The van der Waals surface area contributed by atoms with Crippen molar-refractivity contribution in [3.8, 4) is 61.8 Å². The van der Waals surface area contributed by atoms with E-state index < -0.39 is 8.07 Å². The quantitative estimate of drug-likeness (QED) is 0.169. The Morgan fingerprint density at radius 2 is 1.02 bits per heavy atom. The van der Waals surface area contributed by atoms with Crippen LogP contribution in [0.15, 0.2) is 176 Å². The van der Waals surface area contributed by atoms with Crippen molar-refractivity contribution in [2.45, 2.75) is 13.1 Å². The monoisotopic (exact) mass is 681 g/mol. The van der Waals surface area contributed by atoms with Gasteiger partial charge < -0.3 is 4.57 Å². The minimum atomic E-state index is -2.14. The highest BCUT2D eigenvalue weighted by molar-refractivity contribution is 7.04. The first-order valence-corrected chi connectivity index (χ1v) is 20.9. The maximum absolute atomic E-state index is 5.51. The zero-order valence-corrected chi connectivity index (χ0v) is 30.1. The Hall–Kier alpha value is -6.36. The Morgan fingerprint density at radius 3 is 1.87 bits per heavy atom. The van der Waals surface area contributed by atoms with Gasteiger partial charge in [0, 0.05) is 27.6 Å². The Kier molecular flexibility index (Phi) is 6.95. The van der Waals surface area contributed by atoms with Crippen LogP contribution in [0.2, 0.25) is 13.1 Å². The smallest absolute Gasteiger partial charge is 0.160 e. The molecule has 3 heterocycles. The number of hydrogen-bond acceptors (Lipinski definition) is 2. The third kappa shape index (κ3) is 4.72. The minimum Gasteiger partial charge on any atom is -0.309 e. The summed E-state index contributed by atoms with van der Waals surface area (Å²) in [7, 11) is -2.14. The number of rotatable bonds is 5. The van der Waals surface area contributed by atoms with E-state index in [1.54, 1.807) is 0 Å². The van der Waals surface area contributed by atoms with Crippen molar-refractivity contribution in [1.29, 1.82) is 0 Å². The molecule has 0 unspecified atom stereocenters. The van der Waals surface area contributed by atoms with Gasteiger partial charge in [-0.25, -0.2) is 9.97 Å². The van der Waals surface area contributed by atoms with Gasteiger partial charge in [-0.3, -0.25) is 0 Å². The first-order valence-electron chi connectivity index (χ1n) is 17.9. The highest BCUT2D eigenvalue weighted by Gasteiger charge is 2.41. The molecule has 0 N–H and O–H groups in total. The molecular formula is C48H35N3Si. The molecule has 0 aliphatic carbocycles. The molecule has 0 amide bonds. The molecule has 10 rings (SSSR count). The van der Waals surface area contributed by atoms with Crippen LogP contribution in [-0.2, 0) is 0 Å². The normalized spacial score (nSPS) is 13.0. The number of fused-ring (bicyclic) bond motifs is 6. The van der Waals surface area contributed by atoms with E-state index >= 15 is 0 Å². The van der Waals surface area contributed by atoms with E-state index in [-0.39, 0.29) is 0 Å². The predicted molar refractivity (Wildman–Crippen MR) is 220 cm³/mol. The fourth-order valence-corrected chi connectivity index (χ4v) is 11.6. The van der Waals surface area contributed by atoms with Gasteiger partial charge in [0.1, 0.15) is 8.07 Å². The number of aromatic nitrogens is 3. The van der Waals surface area contributed by atoms with Crippen molar-refractivity contribution in [3.05, 3.63) is 176 Å². The van der Waals surface area contributed by atoms with E-state index in [1.807, 2.05) is 0 Å². The summed E-state index contributed by atoms with van der Waals surface area (Å²) in [5, 5.41) is 5.24. The van der Waals surface area contributed by atoms with E-state index in [2.05, 4.69) is 194 Å². The van der Waals surface area contributed by atoms with Crippen molar-refractivity contribution in [2.24, 2.45) is 0 Å². The van der Waals surface area contributed by atoms with Crippen LogP contribution in [0, 0.1) is 0 Å². The van der Waals surface area contributed by atoms with Crippen LogP contribution in [0.1, 0.15) is 0 Å². The van der Waals surface area contributed by atoms with E-state index in [4.69, 9.17) is 9.97 Å². The average molecular weight is 682 g/mol. The Balaban J connectivity index is 1.20. The second-order valence-electron chi connectivity index (χ2n) is 14.2. The van der Waals surface area contributed by atoms with Crippen LogP contribution in [0.3, 0.4) is 0 Å². The van der Waals surface area contributed by atoms with Crippen molar-refractivity contribution in [2.75, 3.05) is 0 Å². The Morgan fingerprint density at radius 1 is 0.442 bits per heavy atom. The molecular weight excluding hydrogens is 647 g/mol. The zero-order chi connectivity index (χ0) is 34.8. The van der Waals surface area contributed by atoms with Crippen molar-refractivity contribution >= 4 is 40.3 Å². The summed E-state index contributed by atoms with van der Waals surface area (Å²) in [4.78, 5) is 10.9. The lowest BCUT2D eigenvalue weighted by Gasteiger charge is -2.22. The van der Waals surface area contributed by atoms with Gasteiger partial charge in [0.15, 0.2) is 5.82 Å². The molecule has 0 fully saturated rings. The summed E-state index contributed by atoms with van der Waals surface area (Å²) < 4.78 is 2.39. The molecule has 0 atom stereocenters. The van der Waals surface area contributed by atoms with Gasteiger partial charge in [-0.2, -0.15) is 0 Å². The van der Waals surface area contributed by atoms with E-state index in [0.29, 0.717) is 0 Å². The molecule has 1 aliphatic heterocycles. The van der Waals surface area contributed by atoms with Crippen LogP contribution in [0.5, 0.6) is 0 Å². The van der Waals surface area contributed by atoms with E-state index in [1.165, 1.54) is 54.4 Å². The van der Waals surface area contributed by atoms with Gasteiger partial charge >= 0.3 is 0 Å². The highest BCUT2D eigenvalue weighted by atomic mass is 28.3. The van der Waals surface area contributed by atoms with Gasteiger partial charge in [0.05, 0.1) is 22.4 Å². The molecule has 0 radical (unpaired) electrons. The zero-order valence-electron chi connectivity index (χ0n) is 29.1. The second kappa shape index (κ2) is 11.9. The Labute approximate surface area is 304 Å². The molecule has 0 saturated carbocycles. The molecule has 0 bridgehead atoms. The summed E-state index contributed by atoms with van der Waals surface area (Å²) in [5.41, 5.74) is 13.8. The molecule has 7 aromatic carbocycles. The highest BCUT2D eigenvalue weighted by Crippen LogP contribution is 2.40. The van der Waals surface area contributed by atoms with Crippen molar-refractivity contribution < 1.29 is 0 Å². The number of nitrogens with zero attached hydrogens (tertiary/aromatic N) is 3. The van der Waals surface area contributed by atoms with Gasteiger partial charge in [-0.05, 0) is 74.6 Å². The summed E-state index contributed by atoms with van der Waals surface area (Å²) in [6.45, 7) is 4.90. The summed E-state index contributed by atoms with van der Waals surface area (Å²) in [6, 6.07) is 63.2. The van der Waals surface area contributed by atoms with Crippen molar-refractivity contribution in [3.63, 3.8) is 0 Å². The standard InChI is InChI=1S/C48H35N3Si/c1-52(2)43-29-12-10-25-40(43)46-47(52)45(49-48(50-46)36-21-13-18-33(30-36)32-16-5-3-6-17-32)35-20-14-19-34(31-35)38-26-15-28-42-44(38)39-24-9-11-27-41(39)51(42)37-22-7-4-8-23-37/h3-31H,1-2H3. The van der Waals surface area contributed by atoms with Crippen molar-refractivity contribution in [1.82, 2.24) is 14.5 Å². The molecule has 0 spiro atoms. The predicted octanol–water partition coefficient (Wildman–Crippen LogP) is 11.0. The second-order valence-corrected chi connectivity index (χ2v) is 18.5. The molecule has 3 nitrogen and oxygen atoms in total. The molecule has 52 heavy (non-hydrogen) atoms. The van der Waals surface area contributed by atoms with Crippen LogP contribution in [-0.4, -0.2) is 22.6 Å². The van der Waals surface area contributed by atoms with E-state index in [0.717, 1.165) is 39.6 Å². The topological polar surface area (TPSA) is 30.7 Å². The fourth-order valence-electron chi connectivity index (χ4n) is 8.37. The van der Waals surface area contributed by atoms with Gasteiger partial charge in [0.25, 0.3) is 0 Å². The van der Waals surface area contributed by atoms with Gasteiger partial charge in [-0.15, -0.1) is 0 Å². The Bertz CT molecular complexity index is 2820. The van der Waals surface area contributed by atoms with Crippen LogP contribution >= 0.6 is 0 Å². The van der Waals surface area contributed by atoms with Crippen LogP contribution < -0.4 is 10.4 Å². The molecule has 2 aromatic heterocycles. The minimum absolute atomic E-state index is 0.756. The fraction of sp³-hybridized carbons (Fsp3) is 0.0417. The summed E-state index contributed by atoms with van der Waals surface area (Å²) >= 11 is 0. The lowest BCUT2D eigenvalue weighted by molar-refractivity contribution is 1.18. The average Bonchev–Trinajstić information content (AvgIpc) is 3.67. The lowest BCUT2D eigenvalue weighted by atomic mass is 9.96. The summed E-state index contributed by atoms with van der Waals surface area (Å²) in [5.74, 6) is 0.756. The van der Waals surface area contributed by atoms with E-state index in [9.17, 15) is 0 Å². The van der Waals surface area contributed by atoms with Crippen LogP contribution in [0.4, 0.5) is 0 Å². The number of benzene rings is 7. The molecule has 1 aliphatic rings. The maximum Gasteiger partial charge on any atom is 0.160 e. The first-order chi connectivity index (χ1) is 25.6. The number of hydrogen-bond donors (Lipinski definition) is 0. The molecule has 4 heteroatoms. The molecule has 0 saturated heterocycles. The number of para-hydroxylation sites is 2. The largest absolute Gasteiger partial charge is 0.309 e. The third-order valence-electron chi connectivity index (χ3n) is 10.8. The molecule has 246 valence electrons. The lowest BCUT2D eigenvalue weighted by Crippen LogP contribution is -2.50. The first kappa shape index (κ1) is 30.5. The maximum atomic E-state index is 5.51. The summed E-state index contributed by atoms with van der Waals surface area (Å²) in [6.07, 6.45) is 0. The van der Waals surface area contributed by atoms with Gasteiger partial charge in [0.2, 0.25) is 0 Å². The van der Waals surface area contributed by atoms with Gasteiger partial charge in [-0.1, -0.05) is 153 Å². The third-order valence-corrected chi connectivity index (χ3v) is 14.3. The molecule has 9 aromatic rings.